The van der Waals surface area contributed by atoms with Crippen molar-refractivity contribution in [1.29, 1.82) is 0 Å². The molecule has 1 aliphatic rings. The van der Waals surface area contributed by atoms with Crippen LogP contribution >= 0.6 is 0 Å². The average molecular weight is 513 g/mol. The van der Waals surface area contributed by atoms with Gasteiger partial charge >= 0.3 is 5.97 Å². The second kappa shape index (κ2) is 10.6. The Labute approximate surface area is 223 Å². The molecule has 0 spiro atoms. The number of para-hydroxylation sites is 1. The third-order valence-corrected chi connectivity index (χ3v) is 7.03. The Morgan fingerprint density at radius 2 is 1.26 bits per heavy atom. The van der Waals surface area contributed by atoms with Crippen LogP contribution in [0.5, 0.6) is 0 Å². The summed E-state index contributed by atoms with van der Waals surface area (Å²) in [5.41, 5.74) is 0.606. The summed E-state index contributed by atoms with van der Waals surface area (Å²) in [6, 6.07) is 22.9. The molecule has 3 aromatic rings. The van der Waals surface area contributed by atoms with E-state index in [2.05, 4.69) is 0 Å². The minimum atomic E-state index is -1.19. The van der Waals surface area contributed by atoms with Crippen LogP contribution in [0.1, 0.15) is 60.0 Å². The average Bonchev–Trinajstić information content (AvgIpc) is 3.17. The fourth-order valence-corrected chi connectivity index (χ4v) is 5.19. The highest BCUT2D eigenvalue weighted by molar-refractivity contribution is 6.23. The number of nitrogens with zero attached hydrogens (tertiary/aromatic N) is 2. The lowest BCUT2D eigenvalue weighted by molar-refractivity contribution is -0.152. The van der Waals surface area contributed by atoms with E-state index >= 15 is 0 Å². The van der Waals surface area contributed by atoms with Crippen molar-refractivity contribution >= 4 is 29.4 Å². The molecule has 0 bridgehead atoms. The molecule has 0 N–H and O–H groups in total. The number of rotatable bonds is 8. The summed E-state index contributed by atoms with van der Waals surface area (Å²) in [5.74, 6) is -2.38. The van der Waals surface area contributed by atoms with Gasteiger partial charge in [0.15, 0.2) is 0 Å². The number of carbonyl (C=O) groups excluding carboxylic acids is 4. The monoisotopic (exact) mass is 512 g/mol. The molecule has 0 radical (unpaired) electrons. The van der Waals surface area contributed by atoms with Crippen LogP contribution in [0.15, 0.2) is 84.9 Å². The molecule has 0 unspecified atom stereocenters. The van der Waals surface area contributed by atoms with Crippen LogP contribution in [0, 0.1) is 11.3 Å². The van der Waals surface area contributed by atoms with E-state index in [0.29, 0.717) is 11.3 Å². The molecule has 0 aromatic heterocycles. The molecular formula is C31H32N2O5. The second-order valence-electron chi connectivity index (χ2n) is 10.3. The summed E-state index contributed by atoms with van der Waals surface area (Å²) in [6.07, 6.45) is 0. The fourth-order valence-electron chi connectivity index (χ4n) is 5.19. The van der Waals surface area contributed by atoms with Crippen molar-refractivity contribution in [2.75, 3.05) is 12.0 Å². The number of esters is 1. The maximum atomic E-state index is 14.7. The van der Waals surface area contributed by atoms with Crippen LogP contribution in [0.2, 0.25) is 0 Å². The Kier molecular flexibility index (Phi) is 7.49. The number of methoxy groups -OCH3 is 1. The van der Waals surface area contributed by atoms with E-state index in [0.717, 1.165) is 4.90 Å². The summed E-state index contributed by atoms with van der Waals surface area (Å²) in [4.78, 5) is 57.4. The number of benzene rings is 3. The molecule has 4 rings (SSSR count). The minimum Gasteiger partial charge on any atom is -0.469 e. The van der Waals surface area contributed by atoms with Crippen LogP contribution in [0.3, 0.4) is 0 Å². The van der Waals surface area contributed by atoms with Crippen LogP contribution in [0.25, 0.3) is 0 Å². The van der Waals surface area contributed by atoms with Gasteiger partial charge in [-0.2, -0.15) is 0 Å². The largest absolute Gasteiger partial charge is 0.469 e. The zero-order valence-corrected chi connectivity index (χ0v) is 22.3. The Bertz CT molecular complexity index is 1320. The smallest absolute Gasteiger partial charge is 0.313 e. The van der Waals surface area contributed by atoms with Crippen molar-refractivity contribution in [3.8, 4) is 0 Å². The molecule has 2 atom stereocenters. The van der Waals surface area contributed by atoms with Gasteiger partial charge < -0.3 is 9.64 Å². The first-order valence-electron chi connectivity index (χ1n) is 12.6. The first-order chi connectivity index (χ1) is 18.1. The summed E-state index contributed by atoms with van der Waals surface area (Å²) in [7, 11) is 1.32. The van der Waals surface area contributed by atoms with Crippen molar-refractivity contribution in [3.05, 3.63) is 102 Å². The van der Waals surface area contributed by atoms with Gasteiger partial charge in [0, 0.05) is 5.69 Å². The van der Waals surface area contributed by atoms with E-state index in [-0.39, 0.29) is 11.1 Å². The normalized spacial score (nSPS) is 14.7. The molecular weight excluding hydrogens is 480 g/mol. The highest BCUT2D eigenvalue weighted by atomic mass is 16.5. The van der Waals surface area contributed by atoms with E-state index in [1.165, 1.54) is 7.11 Å². The highest BCUT2D eigenvalue weighted by Gasteiger charge is 2.50. The Morgan fingerprint density at radius 3 is 1.74 bits per heavy atom. The van der Waals surface area contributed by atoms with Gasteiger partial charge in [-0.05, 0) is 49.6 Å². The predicted molar refractivity (Wildman–Crippen MR) is 144 cm³/mol. The fraction of sp³-hybridized carbons (Fsp3) is 0.290. The molecule has 3 aromatic carbocycles. The number of amides is 3. The zero-order chi connectivity index (χ0) is 27.6. The van der Waals surface area contributed by atoms with Gasteiger partial charge in [-0.3, -0.25) is 24.1 Å². The molecule has 0 saturated carbocycles. The first kappa shape index (κ1) is 26.8. The predicted octanol–water partition coefficient (Wildman–Crippen LogP) is 5.28. The van der Waals surface area contributed by atoms with Crippen molar-refractivity contribution in [2.45, 2.75) is 39.8 Å². The molecule has 3 amide bonds. The third kappa shape index (κ3) is 4.60. The van der Waals surface area contributed by atoms with Gasteiger partial charge in [0.2, 0.25) is 0 Å². The molecule has 0 aliphatic carbocycles. The summed E-state index contributed by atoms with van der Waals surface area (Å²) >= 11 is 0. The third-order valence-electron chi connectivity index (χ3n) is 7.03. The lowest BCUT2D eigenvalue weighted by Gasteiger charge is -2.43. The Morgan fingerprint density at radius 1 is 0.789 bits per heavy atom. The van der Waals surface area contributed by atoms with Gasteiger partial charge in [0.05, 0.1) is 29.7 Å². The van der Waals surface area contributed by atoms with Crippen LogP contribution in [-0.4, -0.2) is 41.7 Å². The van der Waals surface area contributed by atoms with Crippen LogP contribution < -0.4 is 4.90 Å². The number of hydrogen-bond donors (Lipinski definition) is 0. The van der Waals surface area contributed by atoms with Gasteiger partial charge in [-0.1, -0.05) is 74.5 Å². The second-order valence-corrected chi connectivity index (χ2v) is 10.3. The summed E-state index contributed by atoms with van der Waals surface area (Å²) in [6.45, 7) is 7.06. The quantitative estimate of drug-likeness (QED) is 0.303. The maximum absolute atomic E-state index is 14.7. The van der Waals surface area contributed by atoms with Gasteiger partial charge in [-0.15, -0.1) is 0 Å². The summed E-state index contributed by atoms with van der Waals surface area (Å²) in [5, 5.41) is 0. The molecule has 1 heterocycles. The SMILES string of the molecule is COC(=O)C(C)(C)[C@@H](c1ccccc1)N(C(=O)[C@H](C(C)C)N1C(=O)c2ccccc2C1=O)c1ccccc1. The highest BCUT2D eigenvalue weighted by Crippen LogP contribution is 2.43. The first-order valence-corrected chi connectivity index (χ1v) is 12.6. The van der Waals surface area contributed by atoms with E-state index in [1.807, 2.05) is 36.4 Å². The topological polar surface area (TPSA) is 84.0 Å². The number of anilines is 1. The van der Waals surface area contributed by atoms with E-state index in [4.69, 9.17) is 4.74 Å². The number of imide groups is 1. The van der Waals surface area contributed by atoms with Crippen molar-refractivity contribution < 1.29 is 23.9 Å². The van der Waals surface area contributed by atoms with E-state index in [1.54, 1.807) is 81.1 Å². The standard InChI is InChI=1S/C31H32N2O5/c1-20(2)25(33-27(34)23-18-12-13-19-24(23)28(33)35)29(36)32(22-16-10-7-11-17-22)26(21-14-8-6-9-15-21)31(3,4)30(37)38-5/h6-20,25-26H,1-5H3/t25-,26+/m0/s1. The lowest BCUT2D eigenvalue weighted by Crippen LogP contribution is -2.56. The molecule has 0 saturated heterocycles. The number of fused-ring (bicyclic) bond motifs is 1. The number of hydrogen-bond acceptors (Lipinski definition) is 5. The minimum absolute atomic E-state index is 0.275. The Hall–Kier alpha value is -4.26. The molecule has 1 aliphatic heterocycles. The molecule has 7 nitrogen and oxygen atoms in total. The van der Waals surface area contributed by atoms with Crippen molar-refractivity contribution in [3.63, 3.8) is 0 Å². The lowest BCUT2D eigenvalue weighted by atomic mass is 9.78. The number of ether oxygens (including phenoxy) is 1. The maximum Gasteiger partial charge on any atom is 0.313 e. The zero-order valence-electron chi connectivity index (χ0n) is 22.3. The van der Waals surface area contributed by atoms with Crippen molar-refractivity contribution in [1.82, 2.24) is 4.90 Å². The molecule has 7 heteroatoms. The van der Waals surface area contributed by atoms with Gasteiger partial charge in [-0.25, -0.2) is 0 Å². The van der Waals surface area contributed by atoms with Crippen molar-refractivity contribution in [2.24, 2.45) is 11.3 Å². The van der Waals surface area contributed by atoms with Gasteiger partial charge in [0.1, 0.15) is 6.04 Å². The number of carbonyl (C=O) groups is 4. The molecule has 0 fully saturated rings. The Balaban J connectivity index is 1.91. The summed E-state index contributed by atoms with van der Waals surface area (Å²) < 4.78 is 5.17. The van der Waals surface area contributed by atoms with Crippen LogP contribution in [-0.2, 0) is 14.3 Å². The molecule has 196 valence electrons. The van der Waals surface area contributed by atoms with E-state index < -0.39 is 47.1 Å². The van der Waals surface area contributed by atoms with Gasteiger partial charge in [0.25, 0.3) is 17.7 Å². The van der Waals surface area contributed by atoms with Crippen LogP contribution in [0.4, 0.5) is 5.69 Å². The van der Waals surface area contributed by atoms with E-state index in [9.17, 15) is 19.2 Å². The molecule has 38 heavy (non-hydrogen) atoms.